The van der Waals surface area contributed by atoms with Crippen molar-refractivity contribution in [3.8, 4) is 9.88 Å². The van der Waals surface area contributed by atoms with E-state index in [9.17, 15) is 4.79 Å². The highest BCUT2D eigenvalue weighted by Crippen LogP contribution is 2.35. The highest BCUT2D eigenvalue weighted by Gasteiger charge is 2.27. The van der Waals surface area contributed by atoms with Crippen molar-refractivity contribution in [2.75, 3.05) is 19.6 Å². The Morgan fingerprint density at radius 3 is 2.95 bits per heavy atom. The van der Waals surface area contributed by atoms with E-state index in [1.165, 1.54) is 22.7 Å². The number of halogens is 1. The van der Waals surface area contributed by atoms with Gasteiger partial charge in [-0.2, -0.15) is 0 Å². The van der Waals surface area contributed by atoms with Gasteiger partial charge in [0.25, 0.3) is 5.91 Å². The maximum Gasteiger partial charge on any atom is 0.266 e. The molecule has 21 heavy (non-hydrogen) atoms. The Balaban J connectivity index is 1.88. The Kier molecular flexibility index (Phi) is 4.31. The SMILES string of the molecule is Cc1nc(-c2ccc(Cl)s2)sc1C(=O)N1CCNCC1C. The summed E-state index contributed by atoms with van der Waals surface area (Å²) in [6.07, 6.45) is 0. The number of thiophene rings is 1. The lowest BCUT2D eigenvalue weighted by Gasteiger charge is -2.33. The smallest absolute Gasteiger partial charge is 0.266 e. The minimum atomic E-state index is 0.0907. The van der Waals surface area contributed by atoms with Gasteiger partial charge in [-0.15, -0.1) is 22.7 Å². The maximum absolute atomic E-state index is 12.7. The van der Waals surface area contributed by atoms with Crippen LogP contribution >= 0.6 is 34.3 Å². The lowest BCUT2D eigenvalue weighted by molar-refractivity contribution is 0.0660. The maximum atomic E-state index is 12.7. The van der Waals surface area contributed by atoms with E-state index in [-0.39, 0.29) is 11.9 Å². The molecule has 1 saturated heterocycles. The van der Waals surface area contributed by atoms with Crippen LogP contribution in [-0.4, -0.2) is 41.5 Å². The van der Waals surface area contributed by atoms with Crippen LogP contribution in [0.25, 0.3) is 9.88 Å². The van der Waals surface area contributed by atoms with Crippen LogP contribution in [0.5, 0.6) is 0 Å². The van der Waals surface area contributed by atoms with Gasteiger partial charge >= 0.3 is 0 Å². The Bertz CT molecular complexity index is 667. The van der Waals surface area contributed by atoms with E-state index >= 15 is 0 Å². The number of aryl methyl sites for hydroxylation is 1. The van der Waals surface area contributed by atoms with E-state index in [0.717, 1.165) is 44.4 Å². The average Bonchev–Trinajstić information content (AvgIpc) is 3.05. The third-order valence-electron chi connectivity index (χ3n) is 3.54. The summed E-state index contributed by atoms with van der Waals surface area (Å²) in [5.41, 5.74) is 0.801. The lowest BCUT2D eigenvalue weighted by atomic mass is 10.2. The molecule has 0 bridgehead atoms. The quantitative estimate of drug-likeness (QED) is 0.911. The van der Waals surface area contributed by atoms with E-state index in [1.807, 2.05) is 24.0 Å². The first kappa shape index (κ1) is 15.0. The number of hydrogen-bond acceptors (Lipinski definition) is 5. The zero-order chi connectivity index (χ0) is 15.0. The van der Waals surface area contributed by atoms with Crippen LogP contribution in [0.3, 0.4) is 0 Å². The van der Waals surface area contributed by atoms with Crippen LogP contribution in [0.2, 0.25) is 4.34 Å². The van der Waals surface area contributed by atoms with Gasteiger partial charge in [0.05, 0.1) is 14.9 Å². The summed E-state index contributed by atoms with van der Waals surface area (Å²) >= 11 is 8.92. The highest BCUT2D eigenvalue weighted by molar-refractivity contribution is 7.24. The fourth-order valence-electron chi connectivity index (χ4n) is 2.40. The minimum Gasteiger partial charge on any atom is -0.333 e. The molecular formula is C14H16ClN3OS2. The Morgan fingerprint density at radius 2 is 2.29 bits per heavy atom. The molecule has 7 heteroatoms. The van der Waals surface area contributed by atoms with Crippen molar-refractivity contribution < 1.29 is 4.79 Å². The van der Waals surface area contributed by atoms with Crippen molar-refractivity contribution in [3.05, 3.63) is 27.0 Å². The molecule has 1 unspecified atom stereocenters. The lowest BCUT2D eigenvalue weighted by Crippen LogP contribution is -2.52. The van der Waals surface area contributed by atoms with Gasteiger partial charge in [-0.1, -0.05) is 11.6 Å². The monoisotopic (exact) mass is 341 g/mol. The summed E-state index contributed by atoms with van der Waals surface area (Å²) in [5, 5.41) is 4.17. The van der Waals surface area contributed by atoms with Crippen LogP contribution < -0.4 is 5.32 Å². The van der Waals surface area contributed by atoms with Gasteiger partial charge in [0.1, 0.15) is 9.88 Å². The van der Waals surface area contributed by atoms with Crippen molar-refractivity contribution in [2.24, 2.45) is 0 Å². The topological polar surface area (TPSA) is 45.2 Å². The predicted molar refractivity (Wildman–Crippen MR) is 88.5 cm³/mol. The number of piperazine rings is 1. The van der Waals surface area contributed by atoms with Crippen molar-refractivity contribution in [1.82, 2.24) is 15.2 Å². The number of carbonyl (C=O) groups excluding carboxylic acids is 1. The summed E-state index contributed by atoms with van der Waals surface area (Å²) in [7, 11) is 0. The Morgan fingerprint density at radius 1 is 1.48 bits per heavy atom. The zero-order valence-electron chi connectivity index (χ0n) is 11.9. The van der Waals surface area contributed by atoms with E-state index in [1.54, 1.807) is 0 Å². The van der Waals surface area contributed by atoms with Crippen LogP contribution in [0.15, 0.2) is 12.1 Å². The Labute approximate surface area is 136 Å². The van der Waals surface area contributed by atoms with E-state index in [4.69, 9.17) is 11.6 Å². The van der Waals surface area contributed by atoms with Crippen LogP contribution in [0, 0.1) is 6.92 Å². The number of nitrogens with zero attached hydrogens (tertiary/aromatic N) is 2. The zero-order valence-corrected chi connectivity index (χ0v) is 14.2. The normalized spacial score (nSPS) is 19.0. The summed E-state index contributed by atoms with van der Waals surface area (Å²) < 4.78 is 0.737. The molecule has 3 rings (SSSR count). The number of aromatic nitrogens is 1. The fraction of sp³-hybridized carbons (Fsp3) is 0.429. The molecule has 1 N–H and O–H groups in total. The summed E-state index contributed by atoms with van der Waals surface area (Å²) in [6.45, 7) is 6.41. The first-order valence-corrected chi connectivity index (χ1v) is 8.82. The second-order valence-electron chi connectivity index (χ2n) is 5.09. The molecular weight excluding hydrogens is 326 g/mol. The van der Waals surface area contributed by atoms with Gasteiger partial charge < -0.3 is 10.2 Å². The first-order chi connectivity index (χ1) is 10.1. The van der Waals surface area contributed by atoms with E-state index < -0.39 is 0 Å². The number of hydrogen-bond donors (Lipinski definition) is 1. The number of rotatable bonds is 2. The molecule has 1 fully saturated rings. The van der Waals surface area contributed by atoms with Gasteiger partial charge in [0, 0.05) is 25.7 Å². The van der Waals surface area contributed by atoms with E-state index in [0.29, 0.717) is 0 Å². The highest BCUT2D eigenvalue weighted by atomic mass is 35.5. The number of carbonyl (C=O) groups is 1. The second-order valence-corrected chi connectivity index (χ2v) is 7.80. The molecule has 0 spiro atoms. The van der Waals surface area contributed by atoms with Gasteiger partial charge in [0.2, 0.25) is 0 Å². The molecule has 1 amide bonds. The summed E-state index contributed by atoms with van der Waals surface area (Å²) in [5.74, 6) is 0.0907. The molecule has 3 heterocycles. The molecule has 0 saturated carbocycles. The van der Waals surface area contributed by atoms with Crippen molar-refractivity contribution in [1.29, 1.82) is 0 Å². The minimum absolute atomic E-state index is 0.0907. The van der Waals surface area contributed by atoms with Crippen molar-refractivity contribution >= 4 is 40.2 Å². The van der Waals surface area contributed by atoms with Gasteiger partial charge in [-0.3, -0.25) is 4.79 Å². The Hall–Kier alpha value is -0.950. The van der Waals surface area contributed by atoms with Gasteiger partial charge in [0.15, 0.2) is 0 Å². The molecule has 0 aromatic carbocycles. The molecule has 112 valence electrons. The molecule has 1 atom stereocenters. The summed E-state index contributed by atoms with van der Waals surface area (Å²) in [6, 6.07) is 4.03. The molecule has 4 nitrogen and oxygen atoms in total. The average molecular weight is 342 g/mol. The standard InChI is InChI=1S/C14H16ClN3OS2/c1-8-7-16-5-6-18(8)14(19)12-9(2)17-13(21-12)10-3-4-11(15)20-10/h3-4,8,16H,5-7H2,1-2H3. The molecule has 0 aliphatic carbocycles. The molecule has 1 aliphatic heterocycles. The third-order valence-corrected chi connectivity index (χ3v) is 6.08. The van der Waals surface area contributed by atoms with Crippen LogP contribution in [-0.2, 0) is 0 Å². The first-order valence-electron chi connectivity index (χ1n) is 6.81. The number of nitrogens with one attached hydrogen (secondary N) is 1. The predicted octanol–water partition coefficient (Wildman–Crippen LogP) is 3.27. The molecule has 0 radical (unpaired) electrons. The van der Waals surface area contributed by atoms with Crippen molar-refractivity contribution in [2.45, 2.75) is 19.9 Å². The molecule has 2 aromatic rings. The van der Waals surface area contributed by atoms with E-state index in [2.05, 4.69) is 17.2 Å². The van der Waals surface area contributed by atoms with Gasteiger partial charge in [-0.25, -0.2) is 4.98 Å². The van der Waals surface area contributed by atoms with Crippen LogP contribution in [0.1, 0.15) is 22.3 Å². The third kappa shape index (κ3) is 2.99. The fourth-order valence-corrected chi connectivity index (χ4v) is 4.52. The molecule has 1 aliphatic rings. The summed E-state index contributed by atoms with van der Waals surface area (Å²) in [4.78, 5) is 21.0. The molecule has 2 aromatic heterocycles. The number of amides is 1. The van der Waals surface area contributed by atoms with Crippen molar-refractivity contribution in [3.63, 3.8) is 0 Å². The van der Waals surface area contributed by atoms with Gasteiger partial charge in [-0.05, 0) is 26.0 Å². The number of thiazole rings is 1. The largest absolute Gasteiger partial charge is 0.333 e. The van der Waals surface area contributed by atoms with Crippen LogP contribution in [0.4, 0.5) is 0 Å². The second kappa shape index (κ2) is 6.04.